The van der Waals surface area contributed by atoms with Crippen LogP contribution in [-0.2, 0) is 0 Å². The van der Waals surface area contributed by atoms with Crippen LogP contribution in [0.2, 0.25) is 0 Å². The van der Waals surface area contributed by atoms with E-state index >= 15 is 0 Å². The minimum absolute atomic E-state index is 0.496. The average Bonchev–Trinajstić information content (AvgIpc) is 2.54. The van der Waals surface area contributed by atoms with E-state index in [0.29, 0.717) is 5.41 Å². The normalized spacial score (nSPS) is 22.3. The van der Waals surface area contributed by atoms with Gasteiger partial charge < -0.3 is 9.80 Å². The van der Waals surface area contributed by atoms with Crippen LogP contribution in [-0.4, -0.2) is 49.1 Å². The molecule has 1 rings (SSSR count). The fraction of sp³-hybridized carbons (Fsp3) is 1.00. The molecule has 150 valence electrons. The first-order valence-electron chi connectivity index (χ1n) is 11.1. The van der Waals surface area contributed by atoms with Crippen LogP contribution in [0, 0.1) is 11.3 Å². The van der Waals surface area contributed by atoms with Crippen molar-refractivity contribution in [3.8, 4) is 0 Å². The predicted octanol–water partition coefficient (Wildman–Crippen LogP) is 6.20. The summed E-state index contributed by atoms with van der Waals surface area (Å²) in [6, 6.07) is 1.67. The van der Waals surface area contributed by atoms with Crippen molar-refractivity contribution >= 4 is 0 Å². The third-order valence-electron chi connectivity index (χ3n) is 6.14. The van der Waals surface area contributed by atoms with Crippen molar-refractivity contribution in [2.24, 2.45) is 11.3 Å². The highest BCUT2D eigenvalue weighted by Crippen LogP contribution is 2.27. The number of hydrogen-bond donors (Lipinski definition) is 0. The molecule has 1 aliphatic rings. The summed E-state index contributed by atoms with van der Waals surface area (Å²) < 4.78 is 0. The summed E-state index contributed by atoms with van der Waals surface area (Å²) >= 11 is 0. The summed E-state index contributed by atoms with van der Waals surface area (Å²) in [6.45, 7) is 14.3. The Morgan fingerprint density at radius 2 is 1.20 bits per heavy atom. The van der Waals surface area contributed by atoms with E-state index in [9.17, 15) is 0 Å². The zero-order valence-electron chi connectivity index (χ0n) is 18.6. The molecule has 2 nitrogen and oxygen atoms in total. The molecule has 0 aromatic carbocycles. The summed E-state index contributed by atoms with van der Waals surface area (Å²) in [7, 11) is 4.72. The van der Waals surface area contributed by atoms with Gasteiger partial charge in [-0.2, -0.15) is 0 Å². The van der Waals surface area contributed by atoms with Crippen molar-refractivity contribution in [3.63, 3.8) is 0 Å². The lowest BCUT2D eigenvalue weighted by Crippen LogP contribution is -2.42. The lowest BCUT2D eigenvalue weighted by atomic mass is 9.88. The highest BCUT2D eigenvalue weighted by molar-refractivity contribution is 4.82. The Hall–Kier alpha value is -0.0800. The zero-order valence-corrected chi connectivity index (χ0v) is 18.6. The van der Waals surface area contributed by atoms with Crippen molar-refractivity contribution in [1.82, 2.24) is 9.80 Å². The van der Waals surface area contributed by atoms with Gasteiger partial charge in [-0.3, -0.25) is 0 Å². The van der Waals surface area contributed by atoms with E-state index in [1.165, 1.54) is 77.3 Å². The molecule has 1 fully saturated rings. The van der Waals surface area contributed by atoms with Gasteiger partial charge in [0.05, 0.1) is 0 Å². The summed E-state index contributed by atoms with van der Waals surface area (Å²) in [5, 5.41) is 0. The molecular formula is C23H48N2. The van der Waals surface area contributed by atoms with Crippen LogP contribution in [0.25, 0.3) is 0 Å². The van der Waals surface area contributed by atoms with Gasteiger partial charge in [-0.15, -0.1) is 0 Å². The monoisotopic (exact) mass is 352 g/mol. The Kier molecular flexibility index (Phi) is 10.6. The van der Waals surface area contributed by atoms with Crippen LogP contribution in [0.5, 0.6) is 0 Å². The van der Waals surface area contributed by atoms with Gasteiger partial charge in [0.1, 0.15) is 0 Å². The molecule has 1 aliphatic carbocycles. The van der Waals surface area contributed by atoms with Gasteiger partial charge in [-0.05, 0) is 83.5 Å². The average molecular weight is 353 g/mol. The van der Waals surface area contributed by atoms with Crippen LogP contribution < -0.4 is 0 Å². The van der Waals surface area contributed by atoms with Crippen molar-refractivity contribution in [2.45, 2.75) is 111 Å². The van der Waals surface area contributed by atoms with Crippen molar-refractivity contribution in [3.05, 3.63) is 0 Å². The first-order chi connectivity index (χ1) is 11.7. The Morgan fingerprint density at radius 3 is 1.60 bits per heavy atom. The largest absolute Gasteiger partial charge is 0.303 e. The number of rotatable bonds is 11. The maximum atomic E-state index is 2.65. The summed E-state index contributed by atoms with van der Waals surface area (Å²) in [5.74, 6) is 0.861. The smallest absolute Gasteiger partial charge is 0.00933 e. The SMILES string of the molecule is CC(C)CCCCN(C)C1CCC(N(C)CCCCC(C)(C)C)CC1. The first-order valence-corrected chi connectivity index (χ1v) is 11.1. The van der Waals surface area contributed by atoms with E-state index in [0.717, 1.165) is 18.0 Å². The lowest BCUT2D eigenvalue weighted by molar-refractivity contribution is 0.121. The molecule has 2 heteroatoms. The molecule has 0 saturated heterocycles. The Bertz CT molecular complexity index is 323. The second-order valence-electron chi connectivity index (χ2n) is 10.3. The standard InChI is InChI=1S/C23H48N2/c1-20(2)12-8-10-18-24(6)21-13-15-22(16-14-21)25(7)19-11-9-17-23(3,4)5/h20-22H,8-19H2,1-7H3. The zero-order chi connectivity index (χ0) is 18.9. The van der Waals surface area contributed by atoms with E-state index < -0.39 is 0 Å². The quantitative estimate of drug-likeness (QED) is 0.408. The van der Waals surface area contributed by atoms with Crippen molar-refractivity contribution in [2.75, 3.05) is 27.2 Å². The molecule has 0 atom stereocenters. The highest BCUT2D eigenvalue weighted by atomic mass is 15.2. The molecule has 0 spiro atoms. The second kappa shape index (κ2) is 11.6. The van der Waals surface area contributed by atoms with Crippen LogP contribution in [0.15, 0.2) is 0 Å². The van der Waals surface area contributed by atoms with Gasteiger partial charge >= 0.3 is 0 Å². The molecule has 0 aliphatic heterocycles. The summed E-state index contributed by atoms with van der Waals surface area (Å²) in [5.41, 5.74) is 0.496. The summed E-state index contributed by atoms with van der Waals surface area (Å²) in [4.78, 5) is 5.31. The van der Waals surface area contributed by atoms with Crippen molar-refractivity contribution in [1.29, 1.82) is 0 Å². The number of unbranched alkanes of at least 4 members (excludes halogenated alkanes) is 2. The molecule has 25 heavy (non-hydrogen) atoms. The fourth-order valence-electron chi connectivity index (χ4n) is 4.24. The Labute approximate surface area is 159 Å². The molecular weight excluding hydrogens is 304 g/mol. The minimum Gasteiger partial charge on any atom is -0.303 e. The number of nitrogens with zero attached hydrogens (tertiary/aromatic N) is 2. The van der Waals surface area contributed by atoms with E-state index in [1.807, 2.05) is 0 Å². The minimum atomic E-state index is 0.496. The van der Waals surface area contributed by atoms with Crippen LogP contribution in [0.3, 0.4) is 0 Å². The molecule has 0 heterocycles. The van der Waals surface area contributed by atoms with Gasteiger partial charge in [0.15, 0.2) is 0 Å². The van der Waals surface area contributed by atoms with Crippen molar-refractivity contribution < 1.29 is 0 Å². The van der Waals surface area contributed by atoms with Gasteiger partial charge in [-0.1, -0.05) is 53.9 Å². The van der Waals surface area contributed by atoms with Crippen LogP contribution >= 0.6 is 0 Å². The topological polar surface area (TPSA) is 6.48 Å². The van der Waals surface area contributed by atoms with Gasteiger partial charge in [0.2, 0.25) is 0 Å². The Morgan fingerprint density at radius 1 is 0.760 bits per heavy atom. The molecule has 0 amide bonds. The predicted molar refractivity (Wildman–Crippen MR) is 113 cm³/mol. The second-order valence-corrected chi connectivity index (χ2v) is 10.3. The highest BCUT2D eigenvalue weighted by Gasteiger charge is 2.25. The van der Waals surface area contributed by atoms with E-state index in [2.05, 4.69) is 58.5 Å². The van der Waals surface area contributed by atoms with Crippen LogP contribution in [0.4, 0.5) is 0 Å². The molecule has 0 aromatic rings. The van der Waals surface area contributed by atoms with Crippen LogP contribution in [0.1, 0.15) is 98.8 Å². The van der Waals surface area contributed by atoms with Gasteiger partial charge in [0, 0.05) is 12.1 Å². The van der Waals surface area contributed by atoms with Gasteiger partial charge in [-0.25, -0.2) is 0 Å². The number of hydrogen-bond acceptors (Lipinski definition) is 2. The maximum Gasteiger partial charge on any atom is 0.00933 e. The molecule has 0 bridgehead atoms. The van der Waals surface area contributed by atoms with Gasteiger partial charge in [0.25, 0.3) is 0 Å². The third kappa shape index (κ3) is 10.6. The molecule has 0 unspecified atom stereocenters. The molecule has 0 radical (unpaired) electrons. The Balaban J connectivity index is 2.15. The molecule has 1 saturated carbocycles. The third-order valence-corrected chi connectivity index (χ3v) is 6.14. The maximum absolute atomic E-state index is 2.65. The molecule has 0 aromatic heterocycles. The summed E-state index contributed by atoms with van der Waals surface area (Å²) in [6.07, 6.45) is 13.9. The first kappa shape index (κ1) is 23.0. The molecule has 0 N–H and O–H groups in total. The lowest BCUT2D eigenvalue weighted by Gasteiger charge is -2.38. The van der Waals surface area contributed by atoms with E-state index in [1.54, 1.807) is 0 Å². The fourth-order valence-corrected chi connectivity index (χ4v) is 4.24. The van der Waals surface area contributed by atoms with E-state index in [-0.39, 0.29) is 0 Å². The van der Waals surface area contributed by atoms with E-state index in [4.69, 9.17) is 0 Å².